The van der Waals surface area contributed by atoms with E-state index < -0.39 is 6.43 Å². The van der Waals surface area contributed by atoms with Crippen LogP contribution < -0.4 is 0 Å². The topological polar surface area (TPSA) is 40.9 Å². The van der Waals surface area contributed by atoms with Crippen molar-refractivity contribution in [3.05, 3.63) is 32.4 Å². The molecule has 0 radical (unpaired) electrons. The molecule has 5 heteroatoms. The number of hydrogen-bond donors (Lipinski definition) is 0. The Morgan fingerprint density at radius 1 is 1.53 bits per heavy atom. The first-order chi connectivity index (χ1) is 6.99. The van der Waals surface area contributed by atoms with Crippen molar-refractivity contribution in [3.63, 3.8) is 0 Å². The summed E-state index contributed by atoms with van der Waals surface area (Å²) in [5, 5.41) is 8.65. The van der Waals surface area contributed by atoms with Crippen molar-refractivity contribution >= 4 is 28.4 Å². The number of carbonyl (C=O) groups excluding carboxylic acids is 1. The molecular weight excluding hydrogens is 315 g/mol. The van der Waals surface area contributed by atoms with E-state index in [0.717, 1.165) is 0 Å². The first-order valence-corrected chi connectivity index (χ1v) is 5.08. The summed E-state index contributed by atoms with van der Waals surface area (Å²) in [5.74, 6) is -0.286. The molecule has 0 aliphatic rings. The van der Waals surface area contributed by atoms with E-state index in [9.17, 15) is 13.6 Å². The van der Waals surface area contributed by atoms with Gasteiger partial charge < -0.3 is 0 Å². The van der Waals surface area contributed by atoms with Crippen molar-refractivity contribution in [1.82, 2.24) is 0 Å². The van der Waals surface area contributed by atoms with E-state index in [1.165, 1.54) is 19.1 Å². The highest BCUT2D eigenvalue weighted by Crippen LogP contribution is 2.30. The number of nitriles is 1. The standard InChI is InChI=1S/C10H6F2INO/c1-5(15)7-3-2-6(4-14)8(9(7)13)10(11)12/h2-3,10H,1H3. The Hall–Kier alpha value is -1.03. The molecule has 0 heterocycles. The fourth-order valence-corrected chi connectivity index (χ4v) is 2.26. The van der Waals surface area contributed by atoms with Gasteiger partial charge in [-0.1, -0.05) is 0 Å². The minimum Gasteiger partial charge on any atom is -0.294 e. The third-order valence-electron chi connectivity index (χ3n) is 1.90. The lowest BCUT2D eigenvalue weighted by Gasteiger charge is -2.08. The molecule has 0 aliphatic heterocycles. The number of nitrogens with zero attached hydrogens (tertiary/aromatic N) is 1. The van der Waals surface area contributed by atoms with E-state index in [1.54, 1.807) is 28.7 Å². The molecule has 2 nitrogen and oxygen atoms in total. The van der Waals surface area contributed by atoms with Crippen LogP contribution in [-0.2, 0) is 0 Å². The molecule has 0 aliphatic carbocycles. The second kappa shape index (κ2) is 4.66. The van der Waals surface area contributed by atoms with Crippen molar-refractivity contribution < 1.29 is 13.6 Å². The van der Waals surface area contributed by atoms with Gasteiger partial charge in [0.05, 0.1) is 11.6 Å². The number of alkyl halides is 2. The quantitative estimate of drug-likeness (QED) is 0.619. The number of halogens is 3. The van der Waals surface area contributed by atoms with E-state index in [4.69, 9.17) is 5.26 Å². The van der Waals surface area contributed by atoms with E-state index in [-0.39, 0.29) is 26.0 Å². The van der Waals surface area contributed by atoms with Crippen molar-refractivity contribution in [2.45, 2.75) is 13.3 Å². The van der Waals surface area contributed by atoms with E-state index in [0.29, 0.717) is 0 Å². The van der Waals surface area contributed by atoms with Crippen LogP contribution in [0.1, 0.15) is 34.8 Å². The zero-order valence-corrected chi connectivity index (χ0v) is 9.88. The molecule has 15 heavy (non-hydrogen) atoms. The summed E-state index contributed by atoms with van der Waals surface area (Å²) >= 11 is 1.67. The lowest BCUT2D eigenvalue weighted by Crippen LogP contribution is -2.03. The van der Waals surface area contributed by atoms with Gasteiger partial charge in [0.1, 0.15) is 0 Å². The fraction of sp³-hybridized carbons (Fsp3) is 0.200. The second-order valence-electron chi connectivity index (χ2n) is 2.86. The molecule has 0 bridgehead atoms. The number of carbonyl (C=O) groups is 1. The maximum absolute atomic E-state index is 12.7. The van der Waals surface area contributed by atoms with Gasteiger partial charge in [0.15, 0.2) is 5.78 Å². The Bertz CT molecular complexity index is 451. The fourth-order valence-electron chi connectivity index (χ4n) is 1.18. The molecule has 78 valence electrons. The van der Waals surface area contributed by atoms with Crippen molar-refractivity contribution in [2.75, 3.05) is 0 Å². The van der Waals surface area contributed by atoms with Crippen molar-refractivity contribution in [3.8, 4) is 6.07 Å². The lowest BCUT2D eigenvalue weighted by atomic mass is 10.0. The molecule has 1 aromatic rings. The number of hydrogen-bond acceptors (Lipinski definition) is 2. The largest absolute Gasteiger partial charge is 0.294 e. The minimum atomic E-state index is -2.74. The summed E-state index contributed by atoms with van der Waals surface area (Å²) in [4.78, 5) is 11.1. The number of rotatable bonds is 2. The molecule has 0 N–H and O–H groups in total. The van der Waals surface area contributed by atoms with Gasteiger partial charge in [-0.3, -0.25) is 4.79 Å². The molecule has 0 fully saturated rings. The first kappa shape index (κ1) is 12.0. The van der Waals surface area contributed by atoms with Gasteiger partial charge in [0.25, 0.3) is 6.43 Å². The highest BCUT2D eigenvalue weighted by molar-refractivity contribution is 14.1. The predicted molar refractivity (Wildman–Crippen MR) is 58.8 cm³/mol. The normalized spacial score (nSPS) is 10.1. The molecule has 0 aromatic heterocycles. The smallest absolute Gasteiger partial charge is 0.266 e. The third kappa shape index (κ3) is 2.31. The van der Waals surface area contributed by atoms with Crippen LogP contribution in [0.4, 0.5) is 8.78 Å². The molecule has 1 aromatic carbocycles. The summed E-state index contributed by atoms with van der Waals surface area (Å²) in [6.07, 6.45) is -2.74. The molecule has 0 saturated carbocycles. The van der Waals surface area contributed by atoms with Gasteiger partial charge in [-0.15, -0.1) is 0 Å². The van der Waals surface area contributed by atoms with E-state index >= 15 is 0 Å². The Kier molecular flexibility index (Phi) is 3.74. The molecule has 0 saturated heterocycles. The van der Waals surface area contributed by atoms with Crippen LogP contribution in [0.3, 0.4) is 0 Å². The average molecular weight is 321 g/mol. The van der Waals surface area contributed by atoms with Crippen molar-refractivity contribution in [2.24, 2.45) is 0 Å². The van der Waals surface area contributed by atoms with E-state index in [1.807, 2.05) is 0 Å². The maximum Gasteiger partial charge on any atom is 0.266 e. The van der Waals surface area contributed by atoms with Crippen LogP contribution in [0.15, 0.2) is 12.1 Å². The Morgan fingerprint density at radius 3 is 2.53 bits per heavy atom. The summed E-state index contributed by atoms with van der Waals surface area (Å²) in [5.41, 5.74) is -0.213. The Labute approximate surface area is 99.0 Å². The molecular formula is C10H6F2INO. The Balaban J connectivity index is 3.51. The van der Waals surface area contributed by atoms with Crippen LogP contribution in [0.25, 0.3) is 0 Å². The molecule has 0 atom stereocenters. The number of benzene rings is 1. The maximum atomic E-state index is 12.7. The van der Waals surface area contributed by atoms with Crippen LogP contribution >= 0.6 is 22.6 Å². The molecule has 0 spiro atoms. The minimum absolute atomic E-state index is 0.0839. The monoisotopic (exact) mass is 321 g/mol. The predicted octanol–water partition coefficient (Wildman–Crippen LogP) is 3.30. The lowest BCUT2D eigenvalue weighted by molar-refractivity contribution is 0.101. The summed E-state index contributed by atoms with van der Waals surface area (Å²) in [6, 6.07) is 4.34. The van der Waals surface area contributed by atoms with Crippen LogP contribution in [0, 0.1) is 14.9 Å². The van der Waals surface area contributed by atoms with Crippen molar-refractivity contribution in [1.29, 1.82) is 5.26 Å². The van der Waals surface area contributed by atoms with Gasteiger partial charge in [0, 0.05) is 14.7 Å². The van der Waals surface area contributed by atoms with Gasteiger partial charge in [0.2, 0.25) is 0 Å². The highest BCUT2D eigenvalue weighted by Gasteiger charge is 2.20. The van der Waals surface area contributed by atoms with Crippen LogP contribution in [0.2, 0.25) is 0 Å². The second-order valence-corrected chi connectivity index (χ2v) is 3.94. The number of Topliss-reactive ketones (excluding diaryl/α,β-unsaturated/α-hetero) is 1. The van der Waals surface area contributed by atoms with Crippen LogP contribution in [-0.4, -0.2) is 5.78 Å². The highest BCUT2D eigenvalue weighted by atomic mass is 127. The SMILES string of the molecule is CC(=O)c1ccc(C#N)c(C(F)F)c1I. The first-order valence-electron chi connectivity index (χ1n) is 4.00. The zero-order chi connectivity index (χ0) is 11.6. The average Bonchev–Trinajstić information content (AvgIpc) is 2.15. The van der Waals surface area contributed by atoms with Gasteiger partial charge >= 0.3 is 0 Å². The summed E-state index contributed by atoms with van der Waals surface area (Å²) < 4.78 is 25.5. The third-order valence-corrected chi connectivity index (χ3v) is 3.06. The van der Waals surface area contributed by atoms with Crippen LogP contribution in [0.5, 0.6) is 0 Å². The Morgan fingerprint density at radius 2 is 2.13 bits per heavy atom. The summed E-state index contributed by atoms with van der Waals surface area (Å²) in [7, 11) is 0. The number of ketones is 1. The summed E-state index contributed by atoms with van der Waals surface area (Å²) in [6.45, 7) is 1.30. The van der Waals surface area contributed by atoms with Gasteiger partial charge in [-0.2, -0.15) is 5.26 Å². The van der Waals surface area contributed by atoms with Gasteiger partial charge in [-0.25, -0.2) is 8.78 Å². The van der Waals surface area contributed by atoms with Gasteiger partial charge in [-0.05, 0) is 41.6 Å². The molecule has 0 unspecified atom stereocenters. The molecule has 0 amide bonds. The molecule has 1 rings (SSSR count). The van der Waals surface area contributed by atoms with E-state index in [2.05, 4.69) is 0 Å². The zero-order valence-electron chi connectivity index (χ0n) is 7.72.